The number of carbonyl (C=O) groups is 1. The molecule has 1 heterocycles. The van der Waals surface area contributed by atoms with Crippen molar-refractivity contribution in [2.24, 2.45) is 11.7 Å². The molecule has 1 aliphatic rings. The average Bonchev–Trinajstić information content (AvgIpc) is 2.70. The van der Waals surface area contributed by atoms with Crippen LogP contribution in [-0.2, 0) is 4.79 Å². The molecule has 0 spiro atoms. The fourth-order valence-corrected chi connectivity index (χ4v) is 1.99. The van der Waals surface area contributed by atoms with Crippen LogP contribution >= 0.6 is 23.2 Å². The van der Waals surface area contributed by atoms with E-state index in [9.17, 15) is 4.79 Å². The SMILES string of the molecule is NC1C=CC(C(=O)Nc2c(Cl)ncnc2Cl)C1. The second-order valence-electron chi connectivity index (χ2n) is 3.71. The van der Waals surface area contributed by atoms with Gasteiger partial charge in [0.15, 0.2) is 10.3 Å². The lowest BCUT2D eigenvalue weighted by Gasteiger charge is -2.11. The maximum absolute atomic E-state index is 11.9. The number of aromatic nitrogens is 2. The maximum Gasteiger partial charge on any atom is 0.231 e. The molecule has 90 valence electrons. The normalized spacial score (nSPS) is 22.8. The highest BCUT2D eigenvalue weighted by Crippen LogP contribution is 2.27. The molecule has 0 fully saturated rings. The van der Waals surface area contributed by atoms with Gasteiger partial charge in [-0.3, -0.25) is 4.79 Å². The van der Waals surface area contributed by atoms with Crippen molar-refractivity contribution < 1.29 is 4.79 Å². The third-order valence-electron chi connectivity index (χ3n) is 2.46. The summed E-state index contributed by atoms with van der Waals surface area (Å²) in [6.45, 7) is 0. The number of amides is 1. The van der Waals surface area contributed by atoms with Crippen molar-refractivity contribution >= 4 is 34.8 Å². The smallest absolute Gasteiger partial charge is 0.231 e. The fourth-order valence-electron chi connectivity index (χ4n) is 1.59. The van der Waals surface area contributed by atoms with E-state index in [1.165, 1.54) is 6.33 Å². The van der Waals surface area contributed by atoms with E-state index in [2.05, 4.69) is 15.3 Å². The van der Waals surface area contributed by atoms with Gasteiger partial charge in [-0.15, -0.1) is 0 Å². The molecular formula is C10H10Cl2N4O. The molecule has 0 saturated carbocycles. The Hall–Kier alpha value is -1.17. The number of nitrogens with zero attached hydrogens (tertiary/aromatic N) is 2. The molecular weight excluding hydrogens is 263 g/mol. The number of hydrogen-bond donors (Lipinski definition) is 2. The van der Waals surface area contributed by atoms with Gasteiger partial charge in [-0.05, 0) is 6.42 Å². The molecule has 1 aromatic rings. The van der Waals surface area contributed by atoms with Crippen LogP contribution in [-0.4, -0.2) is 21.9 Å². The summed E-state index contributed by atoms with van der Waals surface area (Å²) in [4.78, 5) is 19.4. The predicted octanol–water partition coefficient (Wildman–Crippen LogP) is 1.63. The first-order chi connectivity index (χ1) is 8.08. The highest BCUT2D eigenvalue weighted by Gasteiger charge is 2.24. The summed E-state index contributed by atoms with van der Waals surface area (Å²) in [7, 11) is 0. The predicted molar refractivity (Wildman–Crippen MR) is 65.9 cm³/mol. The first-order valence-electron chi connectivity index (χ1n) is 4.98. The van der Waals surface area contributed by atoms with Crippen LogP contribution in [0.25, 0.3) is 0 Å². The molecule has 2 atom stereocenters. The van der Waals surface area contributed by atoms with Crippen molar-refractivity contribution in [1.29, 1.82) is 0 Å². The summed E-state index contributed by atoms with van der Waals surface area (Å²) in [5.74, 6) is -0.481. The third-order valence-corrected chi connectivity index (χ3v) is 3.03. The standard InChI is InChI=1S/C10H10Cl2N4O/c11-8-7(9(12)15-4-14-8)16-10(17)5-1-2-6(13)3-5/h1-2,4-6H,3,13H2,(H,16,17). The number of anilines is 1. The number of halogens is 2. The molecule has 0 bridgehead atoms. The van der Waals surface area contributed by atoms with Gasteiger partial charge in [-0.2, -0.15) is 0 Å². The second kappa shape index (κ2) is 5.00. The number of nitrogens with two attached hydrogens (primary N) is 1. The topological polar surface area (TPSA) is 80.9 Å². The summed E-state index contributed by atoms with van der Waals surface area (Å²) in [5.41, 5.74) is 5.90. The third kappa shape index (κ3) is 2.74. The van der Waals surface area contributed by atoms with Crippen LogP contribution in [0.1, 0.15) is 6.42 Å². The average molecular weight is 273 g/mol. The molecule has 0 aromatic carbocycles. The van der Waals surface area contributed by atoms with Gasteiger partial charge in [0.1, 0.15) is 12.0 Å². The first-order valence-corrected chi connectivity index (χ1v) is 5.74. The molecule has 0 aliphatic heterocycles. The molecule has 0 saturated heterocycles. The summed E-state index contributed by atoms with van der Waals surface area (Å²) in [6.07, 6.45) is 5.38. The monoisotopic (exact) mass is 272 g/mol. The lowest BCUT2D eigenvalue weighted by molar-refractivity contribution is -0.118. The minimum absolute atomic E-state index is 0.0799. The van der Waals surface area contributed by atoms with Gasteiger partial charge in [0.25, 0.3) is 0 Å². The molecule has 3 N–H and O–H groups in total. The van der Waals surface area contributed by atoms with E-state index in [4.69, 9.17) is 28.9 Å². The van der Waals surface area contributed by atoms with E-state index < -0.39 is 0 Å². The second-order valence-corrected chi connectivity index (χ2v) is 4.43. The van der Waals surface area contributed by atoms with Gasteiger partial charge >= 0.3 is 0 Å². The van der Waals surface area contributed by atoms with E-state index in [1.54, 1.807) is 12.2 Å². The van der Waals surface area contributed by atoms with Crippen LogP contribution in [0.5, 0.6) is 0 Å². The largest absolute Gasteiger partial charge is 0.324 e. The highest BCUT2D eigenvalue weighted by atomic mass is 35.5. The zero-order valence-corrected chi connectivity index (χ0v) is 10.2. The number of nitrogens with one attached hydrogen (secondary N) is 1. The first kappa shape index (κ1) is 12.3. The van der Waals surface area contributed by atoms with Gasteiger partial charge in [-0.1, -0.05) is 35.4 Å². The van der Waals surface area contributed by atoms with E-state index in [1.807, 2.05) is 0 Å². The molecule has 1 aromatic heterocycles. The summed E-state index contributed by atoms with van der Waals surface area (Å²) in [6, 6.07) is -0.0799. The Bertz CT molecular complexity index is 457. The number of carbonyl (C=O) groups excluding carboxylic acids is 1. The minimum atomic E-state index is -0.266. The van der Waals surface area contributed by atoms with E-state index in [0.717, 1.165) is 0 Å². The summed E-state index contributed by atoms with van der Waals surface area (Å²) < 4.78 is 0. The van der Waals surface area contributed by atoms with E-state index in [0.29, 0.717) is 6.42 Å². The van der Waals surface area contributed by atoms with Crippen molar-refractivity contribution in [3.63, 3.8) is 0 Å². The van der Waals surface area contributed by atoms with Crippen LogP contribution in [0.2, 0.25) is 10.3 Å². The van der Waals surface area contributed by atoms with Gasteiger partial charge < -0.3 is 11.1 Å². The van der Waals surface area contributed by atoms with Crippen LogP contribution < -0.4 is 11.1 Å². The van der Waals surface area contributed by atoms with Crippen LogP contribution in [0.4, 0.5) is 5.69 Å². The van der Waals surface area contributed by atoms with Crippen molar-refractivity contribution in [3.05, 3.63) is 28.8 Å². The minimum Gasteiger partial charge on any atom is -0.324 e. The zero-order chi connectivity index (χ0) is 12.4. The van der Waals surface area contributed by atoms with Crippen LogP contribution in [0, 0.1) is 5.92 Å². The quantitative estimate of drug-likeness (QED) is 0.633. The van der Waals surface area contributed by atoms with Crippen LogP contribution in [0.3, 0.4) is 0 Å². The van der Waals surface area contributed by atoms with Crippen molar-refractivity contribution in [3.8, 4) is 0 Å². The lowest BCUT2D eigenvalue weighted by atomic mass is 10.1. The molecule has 2 rings (SSSR count). The van der Waals surface area contributed by atoms with Gasteiger partial charge in [0.2, 0.25) is 5.91 Å². The maximum atomic E-state index is 11.9. The van der Waals surface area contributed by atoms with Gasteiger partial charge in [0.05, 0.1) is 5.92 Å². The molecule has 1 aliphatic carbocycles. The number of rotatable bonds is 2. The Balaban J connectivity index is 2.11. The number of hydrogen-bond acceptors (Lipinski definition) is 4. The summed E-state index contributed by atoms with van der Waals surface area (Å²) in [5, 5.41) is 2.84. The Morgan fingerprint density at radius 3 is 2.53 bits per heavy atom. The lowest BCUT2D eigenvalue weighted by Crippen LogP contribution is -2.24. The molecule has 0 radical (unpaired) electrons. The molecule has 1 amide bonds. The zero-order valence-electron chi connectivity index (χ0n) is 8.73. The van der Waals surface area contributed by atoms with Gasteiger partial charge in [0, 0.05) is 6.04 Å². The van der Waals surface area contributed by atoms with Crippen molar-refractivity contribution in [2.45, 2.75) is 12.5 Å². The van der Waals surface area contributed by atoms with Crippen LogP contribution in [0.15, 0.2) is 18.5 Å². The molecule has 5 nitrogen and oxygen atoms in total. The van der Waals surface area contributed by atoms with Crippen molar-refractivity contribution in [2.75, 3.05) is 5.32 Å². The molecule has 2 unspecified atom stereocenters. The fraction of sp³-hybridized carbons (Fsp3) is 0.300. The molecule has 17 heavy (non-hydrogen) atoms. The Morgan fingerprint density at radius 2 is 2.00 bits per heavy atom. The van der Waals surface area contributed by atoms with E-state index >= 15 is 0 Å². The highest BCUT2D eigenvalue weighted by molar-refractivity contribution is 6.38. The van der Waals surface area contributed by atoms with Crippen molar-refractivity contribution in [1.82, 2.24) is 9.97 Å². The molecule has 7 heteroatoms. The Kier molecular flexibility index (Phi) is 3.61. The Labute approximate surface area is 108 Å². The van der Waals surface area contributed by atoms with Gasteiger partial charge in [-0.25, -0.2) is 9.97 Å². The Morgan fingerprint density at radius 1 is 1.35 bits per heavy atom. The van der Waals surface area contributed by atoms with E-state index in [-0.39, 0.29) is 33.9 Å². The summed E-state index contributed by atoms with van der Waals surface area (Å²) >= 11 is 11.6.